The molecular weight excluding hydrogens is 1080 g/mol. The molecule has 6 heterocycles. The molecule has 0 bridgehead atoms. The van der Waals surface area contributed by atoms with Gasteiger partial charge in [-0.3, -0.25) is 23.4 Å². The first kappa shape index (κ1) is 59.8. The Bertz CT molecular complexity index is 3160. The number of hydrogen-bond donors (Lipinski definition) is 5. The van der Waals surface area contributed by atoms with E-state index < -0.39 is 113 Å². The number of carbonyl (C=O) groups is 3. The zero-order chi connectivity index (χ0) is 57.5. The van der Waals surface area contributed by atoms with Crippen LogP contribution >= 0.6 is 15.5 Å². The first-order valence-corrected chi connectivity index (χ1v) is 27.8. The van der Waals surface area contributed by atoms with Gasteiger partial charge in [-0.05, 0) is 65.8 Å². The average Bonchev–Trinajstić information content (AvgIpc) is 4.32. The van der Waals surface area contributed by atoms with E-state index in [1.54, 1.807) is 88.4 Å². The summed E-state index contributed by atoms with van der Waals surface area (Å²) in [5.41, 5.74) is 7.80. The van der Waals surface area contributed by atoms with Crippen LogP contribution in [0.25, 0.3) is 11.3 Å². The van der Waals surface area contributed by atoms with Gasteiger partial charge in [0.1, 0.15) is 66.8 Å². The van der Waals surface area contributed by atoms with Crippen LogP contribution in [0.3, 0.4) is 0 Å². The van der Waals surface area contributed by atoms with Gasteiger partial charge >= 0.3 is 33.4 Å². The van der Waals surface area contributed by atoms with E-state index in [1.165, 1.54) is 54.9 Å². The summed E-state index contributed by atoms with van der Waals surface area (Å²) in [6, 6.07) is 14.1. The van der Waals surface area contributed by atoms with E-state index in [0.717, 1.165) is 6.92 Å². The third kappa shape index (κ3) is 13.8. The summed E-state index contributed by atoms with van der Waals surface area (Å²) in [7, 11) is -8.56. The van der Waals surface area contributed by atoms with Crippen molar-refractivity contribution in [1.82, 2.24) is 49.3 Å². The highest BCUT2D eigenvalue weighted by atomic mass is 31.2. The van der Waals surface area contributed by atoms with Gasteiger partial charge in [0.05, 0.1) is 56.1 Å². The molecule has 0 spiro atoms. The fourth-order valence-electron chi connectivity index (χ4n) is 8.16. The normalized spacial score (nSPS) is 25.1. The van der Waals surface area contributed by atoms with Gasteiger partial charge in [0, 0.05) is 0 Å². The average molecular weight is 1150 g/mol. The number of nitrogens with two attached hydrogens (primary N) is 2. The van der Waals surface area contributed by atoms with Gasteiger partial charge in [0.15, 0.2) is 40.4 Å². The van der Waals surface area contributed by atoms with Crippen LogP contribution in [0.2, 0.25) is 0 Å². The number of fused-ring (bicyclic) bond motifs is 2. The molecule has 79 heavy (non-hydrogen) atoms. The maximum atomic E-state index is 16.6. The van der Waals surface area contributed by atoms with Crippen molar-refractivity contribution in [2.45, 2.75) is 115 Å². The minimum absolute atomic E-state index is 0.0678. The van der Waals surface area contributed by atoms with E-state index >= 15 is 8.78 Å². The molecule has 2 unspecified atom stereocenters. The number of halogens is 2. The number of anilines is 2. The largest absolute Gasteiger partial charge is 0.465 e. The quantitative estimate of drug-likeness (QED) is 0.0332. The number of alkyl halides is 2. The van der Waals surface area contributed by atoms with Gasteiger partial charge in [-0.1, -0.05) is 50.2 Å². The second kappa shape index (κ2) is 25.1. The van der Waals surface area contributed by atoms with E-state index in [2.05, 4.69) is 40.3 Å². The molecule has 12 atom stereocenters. The molecule has 2 aliphatic heterocycles. The predicted octanol–water partition coefficient (Wildman–Crippen LogP) is 5.17. The molecule has 2 aromatic carbocycles. The summed E-state index contributed by atoms with van der Waals surface area (Å²) < 4.78 is 112. The summed E-state index contributed by atoms with van der Waals surface area (Å²) in [6.45, 7) is 10.8. The number of imidazole rings is 2. The maximum Gasteiger partial charge on any atom is 0.459 e. The van der Waals surface area contributed by atoms with Gasteiger partial charge in [-0.15, -0.1) is 0 Å². The lowest BCUT2D eigenvalue weighted by Crippen LogP contribution is -2.44. The molecule has 31 heteroatoms. The highest BCUT2D eigenvalue weighted by molar-refractivity contribution is 7.52. The number of nitrogens with zero attached hydrogens (tertiary/aromatic N) is 8. The third-order valence-corrected chi connectivity index (χ3v) is 15.5. The van der Waals surface area contributed by atoms with Crippen molar-refractivity contribution >= 4 is 56.3 Å². The number of carbonyl (C=O) groups excluding carboxylic acids is 3. The zero-order valence-electron chi connectivity index (χ0n) is 44.2. The third-order valence-electron chi connectivity index (χ3n) is 12.2. The lowest BCUT2D eigenvalue weighted by molar-refractivity contribution is -0.162. The number of aliphatic hydroxyl groups is 1. The fourth-order valence-corrected chi connectivity index (χ4v) is 11.2. The number of aromatic nitrogens is 8. The Morgan fingerprint density at radius 2 is 1.10 bits per heavy atom. The first-order chi connectivity index (χ1) is 37.4. The summed E-state index contributed by atoms with van der Waals surface area (Å²) in [5, 5.41) is 24.0. The fraction of sp³-hybridized carbons (Fsp3) is 0.479. The predicted molar refractivity (Wildman–Crippen MR) is 275 cm³/mol. The number of para-hydroxylation sites is 2. The molecule has 2 aliphatic rings. The van der Waals surface area contributed by atoms with Crippen LogP contribution in [-0.4, -0.2) is 136 Å². The second-order valence-corrected chi connectivity index (χ2v) is 22.0. The number of nitrogens with one attached hydrogen (secondary N) is 2. The highest BCUT2D eigenvalue weighted by Gasteiger charge is 2.60. The number of rotatable bonds is 22. The molecule has 2 fully saturated rings. The number of nitrogen functional groups attached to an aromatic ring is 2. The lowest BCUT2D eigenvalue weighted by atomic mass is 9.93. The van der Waals surface area contributed by atoms with Gasteiger partial charge in [0.25, 0.3) is 0 Å². The van der Waals surface area contributed by atoms with Crippen molar-refractivity contribution in [3.63, 3.8) is 0 Å². The van der Waals surface area contributed by atoms with Gasteiger partial charge in [0.2, 0.25) is 0 Å². The molecule has 0 saturated carbocycles. The monoisotopic (exact) mass is 1150 g/mol. The summed E-state index contributed by atoms with van der Waals surface area (Å²) in [4.78, 5) is 53.0. The van der Waals surface area contributed by atoms with Gasteiger partial charge < -0.3 is 49.3 Å². The molecular formula is C48H62F2N12O15P2. The van der Waals surface area contributed by atoms with E-state index in [4.69, 9.17) is 53.2 Å². The molecule has 0 radical (unpaired) electrons. The standard InChI is InChI=1S/C26H34FN6O8P.C22H28FN6O7P/c1-6-37-25(35)16(4)32-42(36,41-17-10-8-7-9-11-17)38-13-19-21(40-24(34)15(2)3)26(5,27)20(39-19)18-12-29-23-22(28)30-14-31-33(18)23;1-4-33-21(31)13(2)28-37(32,36-14-8-6-5-7-9-14)34-11-16-17(30)22(3,23)18(35-16)15-10-25-20-19(24)26-12-27-29(15)20/h7-12,14-16,19-21H,6,13H2,1-5H3,(H,32,36)(H2,28,30,31);5-10,12-13,16-18,30H,4,11H2,1-3H3,(H,28,32)(H2,24,26,27)/t16-,19+,20-,21+,26-,42?;13-,16+,17+,18-,22+,37?/m00/s1. The molecule has 0 amide bonds. The summed E-state index contributed by atoms with van der Waals surface area (Å²) >= 11 is 0. The Kier molecular flexibility index (Phi) is 19.0. The van der Waals surface area contributed by atoms with Crippen LogP contribution in [0.15, 0.2) is 85.7 Å². The van der Waals surface area contributed by atoms with E-state index in [9.17, 15) is 28.6 Å². The molecule has 0 aliphatic carbocycles. The van der Waals surface area contributed by atoms with Crippen LogP contribution < -0.4 is 30.7 Å². The van der Waals surface area contributed by atoms with Crippen molar-refractivity contribution in [2.24, 2.45) is 5.92 Å². The topological polar surface area (TPSA) is 351 Å². The van der Waals surface area contributed by atoms with Crippen molar-refractivity contribution in [3.05, 3.63) is 97.1 Å². The van der Waals surface area contributed by atoms with Gasteiger partial charge in [-0.25, -0.2) is 46.9 Å². The Hall–Kier alpha value is -6.81. The summed E-state index contributed by atoms with van der Waals surface area (Å²) in [6.07, 6.45) is -3.39. The van der Waals surface area contributed by atoms with E-state index in [1.807, 2.05) is 0 Å². The summed E-state index contributed by atoms with van der Waals surface area (Å²) in [5.74, 6) is -2.10. The Balaban J connectivity index is 0.000000230. The minimum atomic E-state index is -4.32. The van der Waals surface area contributed by atoms with Crippen molar-refractivity contribution < 1.29 is 79.2 Å². The SMILES string of the molecule is CCOC(=O)[C@H](C)NP(=O)(OC[C@H]1O[C@@H](c2cnc3c(N)ncnn23)[C@](C)(F)[C@@H]1O)Oc1ccccc1.CCOC(=O)[C@H](C)NP(=O)(OC[C@H]1O[C@@H](c2cnc3c(N)ncnn23)[C@](C)(F)[C@@H]1OC(=O)C(C)C)Oc1ccccc1. The van der Waals surface area contributed by atoms with E-state index in [0.29, 0.717) is 0 Å². The molecule has 27 nitrogen and oxygen atoms in total. The molecule has 2 saturated heterocycles. The van der Waals surface area contributed by atoms with Crippen LogP contribution in [0.5, 0.6) is 11.5 Å². The van der Waals surface area contributed by atoms with E-state index in [-0.39, 0.29) is 59.0 Å². The molecule has 4 aromatic heterocycles. The number of aliphatic hydroxyl groups excluding tert-OH is 1. The Morgan fingerprint density at radius 1 is 0.684 bits per heavy atom. The number of hydrogen-bond acceptors (Lipinski definition) is 23. The molecule has 7 N–H and O–H groups in total. The number of ether oxygens (including phenoxy) is 5. The number of esters is 3. The van der Waals surface area contributed by atoms with Gasteiger partial charge in [-0.2, -0.15) is 20.4 Å². The smallest absolute Gasteiger partial charge is 0.459 e. The van der Waals surface area contributed by atoms with Crippen molar-refractivity contribution in [3.8, 4) is 11.5 Å². The van der Waals surface area contributed by atoms with Crippen molar-refractivity contribution in [2.75, 3.05) is 37.9 Å². The van der Waals surface area contributed by atoms with Crippen LogP contribution in [-0.2, 0) is 56.2 Å². The Labute approximate surface area is 451 Å². The van der Waals surface area contributed by atoms with Crippen LogP contribution in [0, 0.1) is 5.92 Å². The van der Waals surface area contributed by atoms with Crippen molar-refractivity contribution in [1.29, 1.82) is 0 Å². The lowest BCUT2D eigenvalue weighted by Gasteiger charge is -2.28. The molecule has 8 rings (SSSR count). The zero-order valence-corrected chi connectivity index (χ0v) is 45.9. The molecule has 428 valence electrons. The second-order valence-electron chi connectivity index (χ2n) is 18.6. The highest BCUT2D eigenvalue weighted by Crippen LogP contribution is 2.51. The van der Waals surface area contributed by atoms with Crippen LogP contribution in [0.1, 0.15) is 79.0 Å². The van der Waals surface area contributed by atoms with Crippen LogP contribution in [0.4, 0.5) is 20.4 Å². The Morgan fingerprint density at radius 3 is 1.53 bits per heavy atom. The first-order valence-electron chi connectivity index (χ1n) is 24.7. The number of benzene rings is 2. The minimum Gasteiger partial charge on any atom is -0.465 e. The maximum absolute atomic E-state index is 16.6. The molecule has 6 aromatic rings.